The monoisotopic (exact) mass is 1320 g/mol. The molecule has 4 aliphatic rings. The number of hydrogen-bond donors (Lipinski definition) is 5. The molecule has 13 atom stereocenters. The van der Waals surface area contributed by atoms with Crippen molar-refractivity contribution in [3.63, 3.8) is 0 Å². The number of piperidine rings is 1. The summed E-state index contributed by atoms with van der Waals surface area (Å²) < 4.78 is 18.1. The van der Waals surface area contributed by atoms with E-state index in [1.165, 1.54) is 24.2 Å². The van der Waals surface area contributed by atoms with Crippen molar-refractivity contribution in [1.82, 2.24) is 35.6 Å². The van der Waals surface area contributed by atoms with Crippen molar-refractivity contribution in [2.45, 2.75) is 213 Å². The highest BCUT2D eigenvalue weighted by atomic mass is 16.6. The molecule has 1 aliphatic carbocycles. The quantitative estimate of drug-likeness (QED) is 0.0338. The summed E-state index contributed by atoms with van der Waals surface area (Å²) in [6, 6.07) is 11.9. The third-order valence-corrected chi connectivity index (χ3v) is 20.0. The van der Waals surface area contributed by atoms with Crippen LogP contribution in [-0.2, 0) is 76.8 Å². The van der Waals surface area contributed by atoms with Crippen molar-refractivity contribution >= 4 is 64.9 Å². The number of urea groups is 1. The zero-order chi connectivity index (χ0) is 69.6. The Morgan fingerprint density at radius 2 is 1.45 bits per heavy atom. The number of amides is 9. The van der Waals surface area contributed by atoms with Crippen LogP contribution in [0.25, 0.3) is 0 Å². The fourth-order valence-electron chi connectivity index (χ4n) is 14.3. The van der Waals surface area contributed by atoms with Crippen LogP contribution in [0.4, 0.5) is 9.59 Å². The van der Waals surface area contributed by atoms with E-state index in [0.717, 1.165) is 10.5 Å². The number of Topliss-reactive ketones (excluding diaryl/α,β-unsaturated/α-hetero) is 3. The largest absolute Gasteiger partial charge is 0.445 e. The number of likely N-dealkylation sites (N-methyl/N-ethyl adjacent to an activating group) is 1. The number of ketones is 3. The number of aliphatic hydroxyl groups is 1. The third kappa shape index (κ3) is 21.3. The summed E-state index contributed by atoms with van der Waals surface area (Å²) in [4.78, 5) is 154. The molecule has 2 saturated heterocycles. The lowest BCUT2D eigenvalue weighted by Crippen LogP contribution is -2.60. The molecule has 95 heavy (non-hydrogen) atoms. The van der Waals surface area contributed by atoms with E-state index in [-0.39, 0.29) is 147 Å². The van der Waals surface area contributed by atoms with Gasteiger partial charge in [-0.25, -0.2) is 9.59 Å². The molecule has 0 unspecified atom stereocenters. The number of primary amides is 1. The number of nitrogens with one attached hydrogen (secondary N) is 3. The number of aliphatic hydroxyl groups excluding tert-OH is 1. The van der Waals surface area contributed by atoms with Gasteiger partial charge in [-0.05, 0) is 110 Å². The molecule has 2 aromatic carbocycles. The number of unbranched alkanes of at least 4 members (excludes halogenated alkanes) is 2. The molecule has 23 nitrogen and oxygen atoms in total. The van der Waals surface area contributed by atoms with Gasteiger partial charge in [0.25, 0.3) is 11.8 Å². The predicted molar refractivity (Wildman–Crippen MR) is 356 cm³/mol. The summed E-state index contributed by atoms with van der Waals surface area (Å²) in [6.07, 6.45) is 7.42. The topological polar surface area (TPSA) is 311 Å². The highest BCUT2D eigenvalue weighted by Crippen LogP contribution is 2.43. The highest BCUT2D eigenvalue weighted by molar-refractivity contribution is 6.12. The van der Waals surface area contributed by atoms with E-state index in [2.05, 4.69) is 16.0 Å². The van der Waals surface area contributed by atoms with Crippen molar-refractivity contribution in [2.75, 3.05) is 47.5 Å². The minimum absolute atomic E-state index is 0.0317. The first-order chi connectivity index (χ1) is 45.3. The average molecular weight is 1320 g/mol. The minimum atomic E-state index is -1.00. The van der Waals surface area contributed by atoms with Crippen molar-refractivity contribution in [3.8, 4) is 0 Å². The Hall–Kier alpha value is -7.37. The fraction of sp³-hybridized carbons (Fsp3) is 0.653. The molecule has 9 amide bonds. The fourth-order valence-corrected chi connectivity index (χ4v) is 14.3. The van der Waals surface area contributed by atoms with E-state index >= 15 is 0 Å². The summed E-state index contributed by atoms with van der Waals surface area (Å²) in [7, 11) is 4.76. The third-order valence-electron chi connectivity index (χ3n) is 20.0. The molecule has 0 radical (unpaired) electrons. The molecule has 0 aromatic heterocycles. The van der Waals surface area contributed by atoms with E-state index in [4.69, 9.17) is 19.9 Å². The zero-order valence-corrected chi connectivity index (χ0v) is 57.6. The first-order valence-corrected chi connectivity index (χ1v) is 34.4. The lowest BCUT2D eigenvalue weighted by molar-refractivity contribution is -0.148. The molecule has 6 N–H and O–H groups in total. The Kier molecular flexibility index (Phi) is 30.0. The summed E-state index contributed by atoms with van der Waals surface area (Å²) in [6.45, 7) is 13.8. The molecule has 3 aliphatic heterocycles. The summed E-state index contributed by atoms with van der Waals surface area (Å²) in [5.74, 6) is -5.10. The van der Waals surface area contributed by atoms with Crippen LogP contribution in [0.3, 0.4) is 0 Å². The first-order valence-electron chi connectivity index (χ1n) is 34.4. The maximum atomic E-state index is 14.9. The smallest absolute Gasteiger partial charge is 0.411 e. The normalized spacial score (nSPS) is 20.4. The molecule has 3 heterocycles. The van der Waals surface area contributed by atoms with Crippen LogP contribution in [-0.4, -0.2) is 186 Å². The number of nitrogens with two attached hydrogens (primary N) is 1. The average Bonchev–Trinajstić information content (AvgIpc) is 1.50. The standard InChI is InChI=1S/C72H106N8O15/c1-11-46(6)65(60(93-9)41-63(87)78-35-19-24-57(78)67(94-10)47(7)58(83)38-51(42-81)36-48-20-14-12-15-21-48)77(8)70(90)64(45(4)5)76-69(89)66-52-29-30-53(39-52)80(66)72(92)95-43-50-27-25-49(26-28-50)37-59(84)56(23-18-33-74-71(73)91)75-68(88)55(44(2)3)40-54(82)22-16-13-17-34-79-61(85)31-32-62(79)86/h12,14-15,20-21,25-28,31-32,44-47,51-53,55-57,60,64-67,81H,11,13,16-19,22-24,29-30,33-43H2,1-10H3,(H,75,88)(H,76,89)(H3,73,74,91)/t46-,47-,51+,52-,53+,55-,56-,57-,60+,64-,65-,66-,67+/m0/s1. The molecule has 524 valence electrons. The Morgan fingerprint density at radius 3 is 2.07 bits per heavy atom. The van der Waals surface area contributed by atoms with Gasteiger partial charge >= 0.3 is 12.1 Å². The summed E-state index contributed by atoms with van der Waals surface area (Å²) in [5, 5.41) is 18.7. The van der Waals surface area contributed by atoms with Crippen molar-refractivity contribution < 1.29 is 72.1 Å². The number of benzene rings is 2. The number of imide groups is 1. The number of fused-ring (bicyclic) bond motifs is 2. The minimum Gasteiger partial charge on any atom is -0.445 e. The lowest BCUT2D eigenvalue weighted by atomic mass is 9.86. The lowest BCUT2D eigenvalue weighted by Gasteiger charge is -2.41. The molecular weight excluding hydrogens is 1220 g/mol. The van der Waals surface area contributed by atoms with Gasteiger partial charge in [-0.15, -0.1) is 0 Å². The predicted octanol–water partition coefficient (Wildman–Crippen LogP) is 6.81. The molecule has 3 fully saturated rings. The van der Waals surface area contributed by atoms with E-state index in [1.54, 1.807) is 48.2 Å². The molecule has 6 rings (SSSR count). The number of nitrogens with zero attached hydrogens (tertiary/aromatic N) is 4. The van der Waals surface area contributed by atoms with Crippen LogP contribution in [0.15, 0.2) is 66.7 Å². The maximum absolute atomic E-state index is 14.9. The van der Waals surface area contributed by atoms with Gasteiger partial charge in [0.1, 0.15) is 30.3 Å². The number of rotatable bonds is 40. The number of hydrogen-bond acceptors (Lipinski definition) is 15. The maximum Gasteiger partial charge on any atom is 0.411 e. The number of ether oxygens (including phenoxy) is 3. The highest BCUT2D eigenvalue weighted by Gasteiger charge is 2.53. The van der Waals surface area contributed by atoms with Gasteiger partial charge in [-0.2, -0.15) is 0 Å². The Morgan fingerprint density at radius 1 is 0.768 bits per heavy atom. The van der Waals surface area contributed by atoms with Crippen molar-refractivity contribution in [3.05, 3.63) is 83.4 Å². The van der Waals surface area contributed by atoms with Crippen LogP contribution in [0.1, 0.15) is 161 Å². The van der Waals surface area contributed by atoms with Gasteiger partial charge in [0.15, 0.2) is 5.78 Å². The summed E-state index contributed by atoms with van der Waals surface area (Å²) >= 11 is 0. The van der Waals surface area contributed by atoms with Crippen LogP contribution in [0.2, 0.25) is 0 Å². The van der Waals surface area contributed by atoms with Gasteiger partial charge < -0.3 is 50.8 Å². The van der Waals surface area contributed by atoms with Crippen LogP contribution >= 0.6 is 0 Å². The van der Waals surface area contributed by atoms with Gasteiger partial charge in [0.2, 0.25) is 23.6 Å². The molecule has 2 bridgehead atoms. The molecule has 23 heteroatoms. The second-order valence-electron chi connectivity index (χ2n) is 27.4. The Balaban J connectivity index is 1.04. The van der Waals surface area contributed by atoms with Crippen LogP contribution in [0, 0.1) is 41.4 Å². The van der Waals surface area contributed by atoms with E-state index in [0.29, 0.717) is 88.3 Å². The Labute approximate surface area is 561 Å². The number of carbonyl (C=O) groups excluding carboxylic acids is 11. The molecule has 2 aromatic rings. The first kappa shape index (κ1) is 76.6. The zero-order valence-electron chi connectivity index (χ0n) is 57.6. The van der Waals surface area contributed by atoms with E-state index < -0.39 is 72.1 Å². The Bertz CT molecular complexity index is 2960. The van der Waals surface area contributed by atoms with Crippen molar-refractivity contribution in [2.24, 2.45) is 47.2 Å². The van der Waals surface area contributed by atoms with E-state index in [1.807, 2.05) is 78.8 Å². The number of methoxy groups -OCH3 is 2. The molecule has 0 spiro atoms. The van der Waals surface area contributed by atoms with Gasteiger partial charge in [0.05, 0.1) is 36.8 Å². The van der Waals surface area contributed by atoms with Crippen LogP contribution < -0.4 is 21.7 Å². The second kappa shape index (κ2) is 37.2. The van der Waals surface area contributed by atoms with E-state index in [9.17, 15) is 57.8 Å². The number of carbonyl (C=O) groups is 11. The van der Waals surface area contributed by atoms with Crippen LogP contribution in [0.5, 0.6) is 0 Å². The molecular formula is C72H106N8O15. The van der Waals surface area contributed by atoms with Gasteiger partial charge in [0, 0.05) is 103 Å². The molecule has 1 saturated carbocycles. The number of likely N-dealkylation sites (tertiary alicyclic amines) is 2. The summed E-state index contributed by atoms with van der Waals surface area (Å²) in [5.41, 5.74) is 7.55. The van der Waals surface area contributed by atoms with Gasteiger partial charge in [-0.3, -0.25) is 53.0 Å². The van der Waals surface area contributed by atoms with Crippen molar-refractivity contribution in [1.29, 1.82) is 0 Å². The SMILES string of the molecule is CC[C@H](C)[C@@H]([C@@H](CC(=O)N1CCC[C@H]1[C@H](OC)[C@@H](C)C(=O)C[C@H](CO)Cc1ccccc1)OC)N(C)C(=O)[C@@H](NC(=O)[C@@H]1[C@H]2CC[C@H](C2)N1C(=O)OCc1ccc(CC(=O)[C@H](CCCNC(N)=O)NC(=O)[C@@H](CC(=O)CCCCCN2C(=O)C=CC2=O)C(C)C)cc1)C(C)C. The second-order valence-corrected chi connectivity index (χ2v) is 27.4. The van der Waals surface area contributed by atoms with Gasteiger partial charge in [-0.1, -0.05) is 116 Å².